The lowest BCUT2D eigenvalue weighted by Gasteiger charge is -2.16. The molecule has 1 N–H and O–H groups in total. The molecule has 1 atom stereocenters. The van der Waals surface area contributed by atoms with E-state index in [9.17, 15) is 4.57 Å². The van der Waals surface area contributed by atoms with E-state index < -0.39 is 7.37 Å². The maximum absolute atomic E-state index is 11.5. The van der Waals surface area contributed by atoms with Gasteiger partial charge in [0.15, 0.2) is 0 Å². The molecular weight excluding hydrogens is 179 g/mol. The molecule has 0 heterocycles. The number of aliphatic hydroxyl groups excluding tert-OH is 1. The molecule has 0 aromatic rings. The van der Waals surface area contributed by atoms with E-state index in [4.69, 9.17) is 14.4 Å². The highest BCUT2D eigenvalue weighted by molar-refractivity contribution is 7.57. The van der Waals surface area contributed by atoms with E-state index in [0.717, 1.165) is 0 Å². The van der Waals surface area contributed by atoms with E-state index in [1.54, 1.807) is 0 Å². The van der Waals surface area contributed by atoms with Crippen molar-refractivity contribution >= 4 is 7.37 Å². The number of aliphatic hydroxyl groups is 1. The molecule has 0 spiro atoms. The molecule has 0 saturated heterocycles. The van der Waals surface area contributed by atoms with Crippen molar-refractivity contribution in [2.75, 3.05) is 26.2 Å². The van der Waals surface area contributed by atoms with E-state index in [0.29, 0.717) is 0 Å². The first-order chi connectivity index (χ1) is 5.48. The predicted octanol–water partition coefficient (Wildman–Crippen LogP) is 1.29. The van der Waals surface area contributed by atoms with Crippen LogP contribution in [0.25, 0.3) is 0 Å². The van der Waals surface area contributed by atoms with Crippen molar-refractivity contribution in [3.05, 3.63) is 0 Å². The van der Waals surface area contributed by atoms with Crippen LogP contribution in [0.2, 0.25) is 0 Å². The van der Waals surface area contributed by atoms with Gasteiger partial charge in [0, 0.05) is 6.66 Å². The van der Waals surface area contributed by atoms with E-state index in [-0.39, 0.29) is 25.7 Å². The van der Waals surface area contributed by atoms with Crippen LogP contribution in [-0.2, 0) is 13.8 Å². The van der Waals surface area contributed by atoms with Crippen molar-refractivity contribution in [3.8, 4) is 0 Å². The van der Waals surface area contributed by atoms with Crippen LogP contribution < -0.4 is 0 Å². The van der Waals surface area contributed by atoms with Gasteiger partial charge in [-0.3, -0.25) is 4.57 Å². The molecule has 0 aliphatic rings. The largest absolute Gasteiger partial charge is 0.394 e. The lowest BCUT2D eigenvalue weighted by atomic mass is 10.5. The summed E-state index contributed by atoms with van der Waals surface area (Å²) in [7, 11) is -2.61. The zero-order valence-electron chi connectivity index (χ0n) is 7.82. The molecule has 5 heteroatoms. The van der Waals surface area contributed by atoms with Gasteiger partial charge < -0.3 is 14.4 Å². The molecule has 0 rings (SSSR count). The van der Waals surface area contributed by atoms with Gasteiger partial charge >= 0.3 is 0 Å². The normalized spacial score (nSPS) is 16.4. The summed E-state index contributed by atoms with van der Waals surface area (Å²) in [5, 5.41) is 8.39. The third kappa shape index (κ3) is 6.80. The molecule has 74 valence electrons. The molecule has 12 heavy (non-hydrogen) atoms. The smallest absolute Gasteiger partial charge is 0.225 e. The van der Waals surface area contributed by atoms with Gasteiger partial charge in [-0.25, -0.2) is 0 Å². The quantitative estimate of drug-likeness (QED) is 0.513. The highest BCUT2D eigenvalue weighted by Gasteiger charge is 2.17. The van der Waals surface area contributed by atoms with Crippen molar-refractivity contribution in [2.45, 2.75) is 20.0 Å². The first-order valence-corrected chi connectivity index (χ1v) is 6.17. The number of hydrogen-bond acceptors (Lipinski definition) is 4. The van der Waals surface area contributed by atoms with E-state index in [1.165, 1.54) is 6.66 Å². The van der Waals surface area contributed by atoms with Crippen LogP contribution in [0.1, 0.15) is 13.8 Å². The Hall–Kier alpha value is 0.110. The summed E-state index contributed by atoms with van der Waals surface area (Å²) in [5.41, 5.74) is 0. The van der Waals surface area contributed by atoms with Crippen LogP contribution in [0.5, 0.6) is 0 Å². The summed E-state index contributed by atoms with van der Waals surface area (Å²) in [6.45, 7) is 5.33. The molecule has 0 bridgehead atoms. The maximum atomic E-state index is 11.5. The Morgan fingerprint density at radius 3 is 2.50 bits per heavy atom. The Morgan fingerprint density at radius 2 is 2.08 bits per heavy atom. The molecule has 0 aromatic carbocycles. The van der Waals surface area contributed by atoms with Gasteiger partial charge in [0.25, 0.3) is 0 Å². The Bertz CT molecular complexity index is 157. The van der Waals surface area contributed by atoms with Crippen LogP contribution in [0.15, 0.2) is 0 Å². The van der Waals surface area contributed by atoms with Gasteiger partial charge in [-0.2, -0.15) is 0 Å². The summed E-state index contributed by atoms with van der Waals surface area (Å²) >= 11 is 0. The van der Waals surface area contributed by atoms with Crippen molar-refractivity contribution in [2.24, 2.45) is 0 Å². The lowest BCUT2D eigenvalue weighted by molar-refractivity contribution is 0.111. The predicted molar refractivity (Wildman–Crippen MR) is 47.7 cm³/mol. The van der Waals surface area contributed by atoms with Crippen LogP contribution in [-0.4, -0.2) is 37.4 Å². The molecule has 0 aromatic heterocycles. The number of rotatable bonds is 6. The Balaban J connectivity index is 3.64. The number of hydrogen-bond donors (Lipinski definition) is 1. The fourth-order valence-electron chi connectivity index (χ4n) is 0.771. The van der Waals surface area contributed by atoms with Crippen LogP contribution >= 0.6 is 7.37 Å². The third-order valence-corrected chi connectivity index (χ3v) is 2.51. The van der Waals surface area contributed by atoms with Gasteiger partial charge in [0.2, 0.25) is 7.37 Å². The SMILES string of the molecule is CC(C)OP(C)(=O)COCCO. The van der Waals surface area contributed by atoms with E-state index in [2.05, 4.69) is 0 Å². The minimum Gasteiger partial charge on any atom is -0.394 e. The molecule has 4 nitrogen and oxygen atoms in total. The van der Waals surface area contributed by atoms with Gasteiger partial charge in [-0.15, -0.1) is 0 Å². The molecule has 0 radical (unpaired) electrons. The Labute approximate surface area is 73.3 Å². The fraction of sp³-hybridized carbons (Fsp3) is 1.00. The number of ether oxygens (including phenoxy) is 1. The van der Waals surface area contributed by atoms with Crippen molar-refractivity contribution in [1.29, 1.82) is 0 Å². The van der Waals surface area contributed by atoms with Crippen molar-refractivity contribution in [3.63, 3.8) is 0 Å². The van der Waals surface area contributed by atoms with Crippen LogP contribution in [0.4, 0.5) is 0 Å². The maximum Gasteiger partial charge on any atom is 0.225 e. The molecule has 1 unspecified atom stereocenters. The van der Waals surface area contributed by atoms with Crippen LogP contribution in [0, 0.1) is 0 Å². The second-order valence-electron chi connectivity index (χ2n) is 2.93. The summed E-state index contributed by atoms with van der Waals surface area (Å²) in [5.74, 6) is 0. The van der Waals surface area contributed by atoms with Crippen molar-refractivity contribution in [1.82, 2.24) is 0 Å². The Morgan fingerprint density at radius 1 is 1.50 bits per heavy atom. The Kier molecular flexibility index (Phi) is 5.76. The van der Waals surface area contributed by atoms with E-state index >= 15 is 0 Å². The summed E-state index contributed by atoms with van der Waals surface area (Å²) in [6, 6.07) is 0. The summed E-state index contributed by atoms with van der Waals surface area (Å²) < 4.78 is 21.5. The summed E-state index contributed by atoms with van der Waals surface area (Å²) in [6.07, 6.45) is 0.0182. The minimum absolute atomic E-state index is 0.0539. The third-order valence-electron chi connectivity index (χ3n) is 0.995. The first kappa shape index (κ1) is 12.1. The van der Waals surface area contributed by atoms with Gasteiger partial charge in [0.05, 0.1) is 19.3 Å². The minimum atomic E-state index is -2.61. The molecular formula is C7H17O4P. The molecule has 0 saturated carbocycles. The van der Waals surface area contributed by atoms with Gasteiger partial charge in [-0.1, -0.05) is 0 Å². The van der Waals surface area contributed by atoms with Gasteiger partial charge in [0.1, 0.15) is 6.35 Å². The van der Waals surface area contributed by atoms with E-state index in [1.807, 2.05) is 13.8 Å². The average molecular weight is 196 g/mol. The first-order valence-electron chi connectivity index (χ1n) is 3.91. The molecule has 0 aliphatic carbocycles. The highest BCUT2D eigenvalue weighted by Crippen LogP contribution is 2.43. The molecule has 0 amide bonds. The fourth-order valence-corrected chi connectivity index (χ4v) is 2.18. The zero-order valence-corrected chi connectivity index (χ0v) is 8.71. The van der Waals surface area contributed by atoms with Crippen molar-refractivity contribution < 1.29 is 18.9 Å². The average Bonchev–Trinajstić information content (AvgIpc) is 1.84. The second kappa shape index (κ2) is 5.70. The molecule has 0 aliphatic heterocycles. The standard InChI is InChI=1S/C7H17O4P/c1-7(2)11-12(3,9)6-10-5-4-8/h7-8H,4-6H2,1-3H3. The molecule has 0 fully saturated rings. The monoisotopic (exact) mass is 196 g/mol. The van der Waals surface area contributed by atoms with Crippen LogP contribution in [0.3, 0.4) is 0 Å². The zero-order chi connectivity index (χ0) is 9.61. The second-order valence-corrected chi connectivity index (χ2v) is 5.43. The highest BCUT2D eigenvalue weighted by atomic mass is 31.2. The summed E-state index contributed by atoms with van der Waals surface area (Å²) in [4.78, 5) is 0. The topological polar surface area (TPSA) is 55.8 Å². The lowest BCUT2D eigenvalue weighted by Crippen LogP contribution is -2.06. The van der Waals surface area contributed by atoms with Gasteiger partial charge in [-0.05, 0) is 13.8 Å².